The number of benzene rings is 2. The standard InChI is InChI=1S/C22H19Cl2F3N2O4/c1-3-32-20(30)18-17(11-33-14-6-4-5-13(10-14)22(25,26)27)29(2)21(31)28-19(18)12-7-8-15(23)16(24)9-12/h4-10,19H,3,11H2,1-2H3,(H,28,31). The van der Waals surface area contributed by atoms with Gasteiger partial charge in [0.15, 0.2) is 0 Å². The molecule has 6 nitrogen and oxygen atoms in total. The van der Waals surface area contributed by atoms with Crippen LogP contribution in [0.15, 0.2) is 53.7 Å². The van der Waals surface area contributed by atoms with E-state index < -0.39 is 29.8 Å². The van der Waals surface area contributed by atoms with Gasteiger partial charge in [0, 0.05) is 7.05 Å². The van der Waals surface area contributed by atoms with Crippen molar-refractivity contribution in [1.82, 2.24) is 10.2 Å². The van der Waals surface area contributed by atoms with Crippen LogP contribution in [0.4, 0.5) is 18.0 Å². The quantitative estimate of drug-likeness (QED) is 0.521. The molecule has 0 aromatic heterocycles. The lowest BCUT2D eigenvalue weighted by Gasteiger charge is -2.34. The Morgan fingerprint density at radius 1 is 1.15 bits per heavy atom. The lowest BCUT2D eigenvalue weighted by atomic mass is 9.94. The number of rotatable bonds is 6. The fourth-order valence-corrected chi connectivity index (χ4v) is 3.54. The molecule has 0 spiro atoms. The summed E-state index contributed by atoms with van der Waals surface area (Å²) in [5.41, 5.74) is -0.233. The third-order valence-corrected chi connectivity index (χ3v) is 5.63. The van der Waals surface area contributed by atoms with Crippen LogP contribution in [0, 0.1) is 0 Å². The van der Waals surface area contributed by atoms with E-state index in [1.54, 1.807) is 13.0 Å². The molecular weight excluding hydrogens is 484 g/mol. The fraction of sp³-hybridized carbons (Fsp3) is 0.273. The number of carbonyl (C=O) groups excluding carboxylic acids is 2. The number of alkyl halides is 3. The molecule has 0 saturated heterocycles. The molecular formula is C22H19Cl2F3N2O4. The van der Waals surface area contributed by atoms with Crippen molar-refractivity contribution in [3.8, 4) is 5.75 Å². The van der Waals surface area contributed by atoms with Crippen LogP contribution in [0.2, 0.25) is 10.0 Å². The highest BCUT2D eigenvalue weighted by atomic mass is 35.5. The maximum Gasteiger partial charge on any atom is 0.416 e. The Kier molecular flexibility index (Phi) is 7.44. The molecule has 2 amide bonds. The molecule has 176 valence electrons. The molecule has 0 aliphatic carbocycles. The van der Waals surface area contributed by atoms with Gasteiger partial charge in [-0.15, -0.1) is 0 Å². The lowest BCUT2D eigenvalue weighted by Crippen LogP contribution is -2.48. The van der Waals surface area contributed by atoms with Gasteiger partial charge < -0.3 is 14.8 Å². The van der Waals surface area contributed by atoms with Gasteiger partial charge in [0.25, 0.3) is 0 Å². The number of likely N-dealkylation sites (N-methyl/N-ethyl adjacent to an activating group) is 1. The summed E-state index contributed by atoms with van der Waals surface area (Å²) < 4.78 is 49.8. The molecule has 1 heterocycles. The van der Waals surface area contributed by atoms with E-state index in [0.29, 0.717) is 5.56 Å². The molecule has 0 radical (unpaired) electrons. The Hall–Kier alpha value is -2.91. The van der Waals surface area contributed by atoms with E-state index in [4.69, 9.17) is 32.7 Å². The number of esters is 1. The summed E-state index contributed by atoms with van der Waals surface area (Å²) in [4.78, 5) is 26.6. The minimum absolute atomic E-state index is 0.0596. The van der Waals surface area contributed by atoms with Crippen LogP contribution in [0.5, 0.6) is 5.75 Å². The van der Waals surface area contributed by atoms with Crippen LogP contribution in [-0.4, -0.2) is 37.2 Å². The Morgan fingerprint density at radius 3 is 2.52 bits per heavy atom. The largest absolute Gasteiger partial charge is 0.487 e. The van der Waals surface area contributed by atoms with Crippen LogP contribution in [0.3, 0.4) is 0 Å². The average molecular weight is 503 g/mol. The van der Waals surface area contributed by atoms with Gasteiger partial charge in [-0.2, -0.15) is 13.2 Å². The predicted octanol–water partition coefficient (Wildman–Crippen LogP) is 5.60. The molecule has 1 unspecified atom stereocenters. The third kappa shape index (κ3) is 5.54. The molecule has 3 rings (SSSR count). The van der Waals surface area contributed by atoms with Gasteiger partial charge >= 0.3 is 18.2 Å². The number of urea groups is 1. The van der Waals surface area contributed by atoms with Crippen molar-refractivity contribution in [1.29, 1.82) is 0 Å². The molecule has 0 bridgehead atoms. The molecule has 1 aliphatic heterocycles. The van der Waals surface area contributed by atoms with Gasteiger partial charge in [-0.1, -0.05) is 35.3 Å². The van der Waals surface area contributed by atoms with Gasteiger partial charge in [0.2, 0.25) is 0 Å². The average Bonchev–Trinajstić information content (AvgIpc) is 2.76. The zero-order valence-corrected chi connectivity index (χ0v) is 19.0. The van der Waals surface area contributed by atoms with Gasteiger partial charge in [-0.05, 0) is 42.8 Å². The maximum atomic E-state index is 13.0. The fourth-order valence-electron chi connectivity index (χ4n) is 3.24. The molecule has 0 fully saturated rings. The molecule has 2 aromatic carbocycles. The molecule has 1 atom stereocenters. The Bertz CT molecular complexity index is 1110. The molecule has 1 aliphatic rings. The first kappa shape index (κ1) is 24.7. The number of nitrogens with one attached hydrogen (secondary N) is 1. The normalized spacial score (nSPS) is 16.5. The van der Waals surface area contributed by atoms with E-state index in [1.807, 2.05) is 0 Å². The van der Waals surface area contributed by atoms with Crippen molar-refractivity contribution in [2.45, 2.75) is 19.1 Å². The van der Waals surface area contributed by atoms with Crippen LogP contribution >= 0.6 is 23.2 Å². The highest BCUT2D eigenvalue weighted by Crippen LogP contribution is 2.35. The second-order valence-electron chi connectivity index (χ2n) is 7.01. The Morgan fingerprint density at radius 2 is 1.88 bits per heavy atom. The van der Waals surface area contributed by atoms with Crippen molar-refractivity contribution < 1.29 is 32.2 Å². The molecule has 1 N–H and O–H groups in total. The second kappa shape index (κ2) is 9.93. The van der Waals surface area contributed by atoms with Crippen molar-refractivity contribution in [3.63, 3.8) is 0 Å². The summed E-state index contributed by atoms with van der Waals surface area (Å²) in [5.74, 6) is -0.797. The zero-order valence-electron chi connectivity index (χ0n) is 17.5. The minimum atomic E-state index is -4.55. The van der Waals surface area contributed by atoms with Gasteiger partial charge in [0.05, 0.1) is 39.5 Å². The molecule has 2 aromatic rings. The van der Waals surface area contributed by atoms with E-state index in [1.165, 1.54) is 31.3 Å². The number of nitrogens with zero attached hydrogens (tertiary/aromatic N) is 1. The SMILES string of the molecule is CCOC(=O)C1=C(COc2cccc(C(F)(F)F)c2)N(C)C(=O)NC1c1ccc(Cl)c(Cl)c1. The van der Waals surface area contributed by atoms with Crippen molar-refractivity contribution in [2.24, 2.45) is 0 Å². The number of hydrogen-bond acceptors (Lipinski definition) is 4. The predicted molar refractivity (Wildman–Crippen MR) is 116 cm³/mol. The number of ether oxygens (including phenoxy) is 2. The summed E-state index contributed by atoms with van der Waals surface area (Å²) in [6, 6.07) is 7.42. The monoisotopic (exact) mass is 502 g/mol. The maximum absolute atomic E-state index is 13.0. The first-order chi connectivity index (χ1) is 15.5. The van der Waals surface area contributed by atoms with Crippen LogP contribution in [-0.2, 0) is 15.7 Å². The first-order valence-electron chi connectivity index (χ1n) is 9.72. The summed E-state index contributed by atoms with van der Waals surface area (Å²) in [6.45, 7) is 1.32. The third-order valence-electron chi connectivity index (χ3n) is 4.89. The minimum Gasteiger partial charge on any atom is -0.487 e. The van der Waals surface area contributed by atoms with Crippen LogP contribution in [0.25, 0.3) is 0 Å². The van der Waals surface area contributed by atoms with E-state index in [2.05, 4.69) is 5.32 Å². The number of hydrogen-bond donors (Lipinski definition) is 1. The molecule has 33 heavy (non-hydrogen) atoms. The van der Waals surface area contributed by atoms with E-state index in [9.17, 15) is 22.8 Å². The Labute approximate surface area is 197 Å². The first-order valence-corrected chi connectivity index (χ1v) is 10.5. The smallest absolute Gasteiger partial charge is 0.416 e. The molecule has 11 heteroatoms. The Balaban J connectivity index is 2.03. The number of halogens is 5. The van der Waals surface area contributed by atoms with Gasteiger partial charge in [-0.25, -0.2) is 9.59 Å². The van der Waals surface area contributed by atoms with E-state index >= 15 is 0 Å². The lowest BCUT2D eigenvalue weighted by molar-refractivity contribution is -0.139. The van der Waals surface area contributed by atoms with Crippen molar-refractivity contribution >= 4 is 35.2 Å². The van der Waals surface area contributed by atoms with Crippen molar-refractivity contribution in [2.75, 3.05) is 20.3 Å². The summed E-state index contributed by atoms with van der Waals surface area (Å²) in [5, 5.41) is 3.20. The highest BCUT2D eigenvalue weighted by molar-refractivity contribution is 6.42. The van der Waals surface area contributed by atoms with E-state index in [-0.39, 0.29) is 40.3 Å². The van der Waals surface area contributed by atoms with Crippen LogP contribution in [0.1, 0.15) is 24.1 Å². The van der Waals surface area contributed by atoms with Gasteiger partial charge in [-0.3, -0.25) is 4.90 Å². The number of carbonyl (C=O) groups is 2. The summed E-state index contributed by atoms with van der Waals surface area (Å²) in [7, 11) is 1.41. The van der Waals surface area contributed by atoms with Gasteiger partial charge in [0.1, 0.15) is 12.4 Å². The zero-order chi connectivity index (χ0) is 24.3. The van der Waals surface area contributed by atoms with E-state index in [0.717, 1.165) is 17.0 Å². The summed E-state index contributed by atoms with van der Waals surface area (Å²) >= 11 is 12.1. The summed E-state index contributed by atoms with van der Waals surface area (Å²) in [6.07, 6.45) is -4.55. The number of amides is 2. The molecule has 0 saturated carbocycles. The van der Waals surface area contributed by atoms with Crippen LogP contribution < -0.4 is 10.1 Å². The van der Waals surface area contributed by atoms with Crippen molar-refractivity contribution in [3.05, 3.63) is 74.9 Å². The highest BCUT2D eigenvalue weighted by Gasteiger charge is 2.37. The second-order valence-corrected chi connectivity index (χ2v) is 7.82. The topological polar surface area (TPSA) is 67.9 Å².